The van der Waals surface area contributed by atoms with Crippen LogP contribution in [-0.4, -0.2) is 31.3 Å². The predicted molar refractivity (Wildman–Crippen MR) is 82.0 cm³/mol. The summed E-state index contributed by atoms with van der Waals surface area (Å²) in [4.78, 5) is 7.17. The monoisotopic (exact) mass is 323 g/mol. The first kappa shape index (κ1) is 18.2. The molecule has 0 amide bonds. The van der Waals surface area contributed by atoms with E-state index >= 15 is 0 Å². The molecule has 0 unspecified atom stereocenters. The van der Waals surface area contributed by atoms with Crippen LogP contribution in [0.3, 0.4) is 0 Å². The predicted octanol–water partition coefficient (Wildman–Crippen LogP) is 3.84. The van der Waals surface area contributed by atoms with Crippen LogP contribution in [0.1, 0.15) is 37.8 Å². The smallest absolute Gasteiger partial charge is 0.351 e. The Balaban J connectivity index is 2.65. The largest absolute Gasteiger partial charge is 0.390 e. The normalized spacial score (nSPS) is 12.2. The number of rotatable bonds is 8. The highest BCUT2D eigenvalue weighted by molar-refractivity contribution is 7.15. The van der Waals surface area contributed by atoms with E-state index in [2.05, 4.69) is 24.1 Å². The molecular weight excluding hydrogens is 299 g/mol. The summed E-state index contributed by atoms with van der Waals surface area (Å²) < 4.78 is 36.8. The molecule has 0 spiro atoms. The summed E-state index contributed by atoms with van der Waals surface area (Å²) in [5.74, 6) is 0.567. The number of anilines is 1. The topological polar surface area (TPSA) is 28.2 Å². The van der Waals surface area contributed by atoms with Gasteiger partial charge in [-0.3, -0.25) is 0 Å². The van der Waals surface area contributed by atoms with Crippen molar-refractivity contribution in [3.8, 4) is 0 Å². The van der Waals surface area contributed by atoms with Gasteiger partial charge in [-0.15, -0.1) is 11.3 Å². The van der Waals surface area contributed by atoms with Gasteiger partial charge in [-0.1, -0.05) is 20.8 Å². The Morgan fingerprint density at radius 2 is 2.00 bits per heavy atom. The average Bonchev–Trinajstić information content (AvgIpc) is 2.78. The van der Waals surface area contributed by atoms with Crippen LogP contribution in [-0.2, 0) is 13.0 Å². The van der Waals surface area contributed by atoms with E-state index in [4.69, 9.17) is 0 Å². The van der Waals surface area contributed by atoms with Crippen LogP contribution in [0.2, 0.25) is 0 Å². The SMILES string of the molecule is CCc1nc(N(C)CCC(F)(F)F)sc1CNCC(C)C. The van der Waals surface area contributed by atoms with E-state index < -0.39 is 12.6 Å². The van der Waals surface area contributed by atoms with Crippen LogP contribution in [0.5, 0.6) is 0 Å². The highest BCUT2D eigenvalue weighted by atomic mass is 32.1. The molecular formula is C14H24F3N3S. The van der Waals surface area contributed by atoms with Crippen molar-refractivity contribution in [2.24, 2.45) is 5.92 Å². The summed E-state index contributed by atoms with van der Waals surface area (Å²) in [6.45, 7) is 7.87. The Hall–Kier alpha value is -0.820. The molecule has 0 radical (unpaired) electrons. The second-order valence-corrected chi connectivity index (χ2v) is 6.59. The van der Waals surface area contributed by atoms with Crippen LogP contribution >= 0.6 is 11.3 Å². The van der Waals surface area contributed by atoms with Gasteiger partial charge in [0.15, 0.2) is 5.13 Å². The third-order valence-corrected chi connectivity index (χ3v) is 4.21. The number of hydrogen-bond acceptors (Lipinski definition) is 4. The highest BCUT2D eigenvalue weighted by Crippen LogP contribution is 2.28. The molecule has 1 aromatic rings. The molecule has 0 aliphatic rings. The van der Waals surface area contributed by atoms with Crippen molar-refractivity contribution in [3.63, 3.8) is 0 Å². The van der Waals surface area contributed by atoms with Crippen molar-refractivity contribution in [1.29, 1.82) is 0 Å². The number of nitrogens with zero attached hydrogens (tertiary/aromatic N) is 2. The fraction of sp³-hybridized carbons (Fsp3) is 0.786. The van der Waals surface area contributed by atoms with Crippen molar-refractivity contribution < 1.29 is 13.2 Å². The molecule has 7 heteroatoms. The second-order valence-electron chi connectivity index (χ2n) is 5.53. The van der Waals surface area contributed by atoms with Gasteiger partial charge in [0.05, 0.1) is 12.1 Å². The first-order valence-corrected chi connectivity index (χ1v) is 8.01. The maximum absolute atomic E-state index is 12.3. The molecule has 122 valence electrons. The quantitative estimate of drug-likeness (QED) is 0.788. The van der Waals surface area contributed by atoms with E-state index in [9.17, 15) is 13.2 Å². The summed E-state index contributed by atoms with van der Waals surface area (Å²) >= 11 is 1.48. The lowest BCUT2D eigenvalue weighted by Gasteiger charge is -2.16. The van der Waals surface area contributed by atoms with Crippen molar-refractivity contribution >= 4 is 16.5 Å². The van der Waals surface area contributed by atoms with Gasteiger partial charge >= 0.3 is 6.18 Å². The molecule has 1 rings (SSSR count). The zero-order valence-corrected chi connectivity index (χ0v) is 13.9. The van der Waals surface area contributed by atoms with E-state index in [0.717, 1.165) is 30.1 Å². The Morgan fingerprint density at radius 1 is 1.33 bits per heavy atom. The van der Waals surface area contributed by atoms with Crippen molar-refractivity contribution in [2.75, 3.05) is 25.0 Å². The maximum Gasteiger partial charge on any atom is 0.390 e. The molecule has 1 aromatic heterocycles. The fourth-order valence-electron chi connectivity index (χ4n) is 1.81. The van der Waals surface area contributed by atoms with Crippen molar-refractivity contribution in [2.45, 2.75) is 46.3 Å². The Bertz CT molecular complexity index is 430. The minimum absolute atomic E-state index is 0.0565. The zero-order valence-electron chi connectivity index (χ0n) is 13.0. The number of halogens is 3. The summed E-state index contributed by atoms with van der Waals surface area (Å²) in [7, 11) is 1.66. The van der Waals surface area contributed by atoms with Crippen LogP contribution in [0.4, 0.5) is 18.3 Å². The number of nitrogens with one attached hydrogen (secondary N) is 1. The lowest BCUT2D eigenvalue weighted by molar-refractivity contribution is -0.132. The molecule has 0 fully saturated rings. The standard InChI is InChI=1S/C14H24F3N3S/c1-5-11-12(9-18-8-10(2)3)21-13(19-11)20(4)7-6-14(15,16)17/h10,18H,5-9H2,1-4H3. The second kappa shape index (κ2) is 7.98. The molecule has 0 aliphatic heterocycles. The minimum atomic E-state index is -4.12. The summed E-state index contributed by atoms with van der Waals surface area (Å²) in [5, 5.41) is 4.02. The fourth-order valence-corrected chi connectivity index (χ4v) is 2.92. The van der Waals surface area contributed by atoms with Gasteiger partial charge < -0.3 is 10.2 Å². The lowest BCUT2D eigenvalue weighted by Crippen LogP contribution is -2.23. The molecule has 0 aliphatic carbocycles. The van der Waals surface area contributed by atoms with Crippen molar-refractivity contribution in [3.05, 3.63) is 10.6 Å². The molecule has 1 heterocycles. The zero-order chi connectivity index (χ0) is 16.0. The van der Waals surface area contributed by atoms with Gasteiger partial charge in [0, 0.05) is 25.0 Å². The van der Waals surface area contributed by atoms with Gasteiger partial charge in [0.2, 0.25) is 0 Å². The van der Waals surface area contributed by atoms with E-state index in [-0.39, 0.29) is 6.54 Å². The number of hydrogen-bond donors (Lipinski definition) is 1. The third kappa shape index (κ3) is 6.65. The number of aromatic nitrogens is 1. The highest BCUT2D eigenvalue weighted by Gasteiger charge is 2.27. The third-order valence-electron chi connectivity index (χ3n) is 3.00. The van der Waals surface area contributed by atoms with Crippen LogP contribution in [0, 0.1) is 5.92 Å². The molecule has 0 saturated carbocycles. The number of thiazole rings is 1. The van der Waals surface area contributed by atoms with Gasteiger partial charge in [0.1, 0.15) is 0 Å². The Kier molecular flexibility index (Phi) is 6.93. The number of aryl methyl sites for hydroxylation is 1. The first-order chi connectivity index (χ1) is 9.73. The summed E-state index contributed by atoms with van der Waals surface area (Å²) in [6, 6.07) is 0. The summed E-state index contributed by atoms with van der Waals surface area (Å²) in [6.07, 6.45) is -4.14. The summed E-state index contributed by atoms with van der Waals surface area (Å²) in [5.41, 5.74) is 0.977. The Labute approximate surface area is 128 Å². The van der Waals surface area contributed by atoms with Crippen LogP contribution in [0.25, 0.3) is 0 Å². The van der Waals surface area contributed by atoms with E-state index in [1.807, 2.05) is 6.92 Å². The number of alkyl halides is 3. The molecule has 0 bridgehead atoms. The molecule has 0 aromatic carbocycles. The van der Waals surface area contributed by atoms with Gasteiger partial charge in [-0.25, -0.2) is 4.98 Å². The van der Waals surface area contributed by atoms with Gasteiger partial charge in [0.25, 0.3) is 0 Å². The molecule has 1 N–H and O–H groups in total. The van der Waals surface area contributed by atoms with Crippen molar-refractivity contribution in [1.82, 2.24) is 10.3 Å². The Morgan fingerprint density at radius 3 is 2.52 bits per heavy atom. The van der Waals surface area contributed by atoms with Crippen LogP contribution in [0.15, 0.2) is 0 Å². The molecule has 3 nitrogen and oxygen atoms in total. The van der Waals surface area contributed by atoms with E-state index in [0.29, 0.717) is 11.0 Å². The molecule has 0 atom stereocenters. The first-order valence-electron chi connectivity index (χ1n) is 7.20. The molecule has 0 saturated heterocycles. The minimum Gasteiger partial charge on any atom is -0.351 e. The van der Waals surface area contributed by atoms with Gasteiger partial charge in [-0.2, -0.15) is 13.2 Å². The van der Waals surface area contributed by atoms with E-state index in [1.54, 1.807) is 11.9 Å². The van der Waals surface area contributed by atoms with Crippen LogP contribution < -0.4 is 10.2 Å². The lowest BCUT2D eigenvalue weighted by atomic mass is 10.2. The van der Waals surface area contributed by atoms with E-state index in [1.165, 1.54) is 11.3 Å². The van der Waals surface area contributed by atoms with Gasteiger partial charge in [-0.05, 0) is 18.9 Å². The average molecular weight is 323 g/mol. The molecule has 21 heavy (non-hydrogen) atoms. The maximum atomic E-state index is 12.3.